The quantitative estimate of drug-likeness (QED) is 0.505. The minimum absolute atomic E-state index is 0.0504. The molecule has 30 heavy (non-hydrogen) atoms. The Morgan fingerprint density at radius 1 is 1.13 bits per heavy atom. The molecule has 0 radical (unpaired) electrons. The molecule has 5 nitrogen and oxygen atoms in total. The van der Waals surface area contributed by atoms with E-state index in [1.165, 1.54) is 6.07 Å². The van der Waals surface area contributed by atoms with E-state index in [9.17, 15) is 13.9 Å². The summed E-state index contributed by atoms with van der Waals surface area (Å²) < 4.78 is 27.4. The number of hydrogen-bond acceptors (Lipinski definition) is 4. The van der Waals surface area contributed by atoms with Crippen LogP contribution < -0.4 is 4.90 Å². The zero-order valence-corrected chi connectivity index (χ0v) is 16.5. The van der Waals surface area contributed by atoms with E-state index in [4.69, 9.17) is 11.6 Å². The Morgan fingerprint density at radius 3 is 2.57 bits per heavy atom. The number of nitrogens with one attached hydrogen (secondary N) is 1. The second-order valence-electron chi connectivity index (χ2n) is 7.28. The number of aromatic nitrogens is 3. The third-order valence-electron chi connectivity index (χ3n) is 5.51. The molecule has 0 saturated carbocycles. The number of fused-ring (bicyclic) bond motifs is 3. The molecule has 0 amide bonds. The van der Waals surface area contributed by atoms with Crippen LogP contribution in [-0.4, -0.2) is 26.6 Å². The summed E-state index contributed by atoms with van der Waals surface area (Å²) in [5, 5.41) is 10.3. The van der Waals surface area contributed by atoms with Crippen molar-refractivity contribution in [2.45, 2.75) is 19.1 Å². The van der Waals surface area contributed by atoms with Gasteiger partial charge in [-0.25, -0.2) is 18.7 Å². The molecule has 0 fully saturated rings. The van der Waals surface area contributed by atoms with Crippen LogP contribution in [0.2, 0.25) is 5.02 Å². The van der Waals surface area contributed by atoms with Crippen LogP contribution in [0.25, 0.3) is 10.9 Å². The number of aliphatic hydroxyl groups excluding tert-OH is 1. The summed E-state index contributed by atoms with van der Waals surface area (Å²) in [7, 11) is 0. The highest BCUT2D eigenvalue weighted by atomic mass is 35.5. The maximum absolute atomic E-state index is 14.1. The molecule has 2 aromatic heterocycles. The normalized spacial score (nSPS) is 16.1. The summed E-state index contributed by atoms with van der Waals surface area (Å²) in [4.78, 5) is 13.7. The lowest BCUT2D eigenvalue weighted by molar-refractivity contribution is 0.282. The van der Waals surface area contributed by atoms with Gasteiger partial charge in [-0.3, -0.25) is 0 Å². The van der Waals surface area contributed by atoms with E-state index < -0.39 is 11.6 Å². The molecule has 8 heteroatoms. The average molecular weight is 427 g/mol. The Morgan fingerprint density at radius 2 is 1.87 bits per heavy atom. The van der Waals surface area contributed by atoms with E-state index in [2.05, 4.69) is 15.0 Å². The van der Waals surface area contributed by atoms with Gasteiger partial charge in [-0.1, -0.05) is 35.9 Å². The Balaban J connectivity index is 1.70. The Hall–Kier alpha value is -3.03. The SMILES string of the molecule is OCc1ccc(C2c3[nH]c4cc(F)c(Cl)cc4c3CCN2c2ncc(F)cn2)cc1. The molecule has 1 aliphatic rings. The van der Waals surface area contributed by atoms with Crippen molar-refractivity contribution in [2.75, 3.05) is 11.4 Å². The first-order valence-corrected chi connectivity index (χ1v) is 9.86. The van der Waals surface area contributed by atoms with Crippen molar-refractivity contribution in [1.82, 2.24) is 15.0 Å². The van der Waals surface area contributed by atoms with Crippen LogP contribution in [-0.2, 0) is 13.0 Å². The molecule has 2 aromatic carbocycles. The van der Waals surface area contributed by atoms with Crippen molar-refractivity contribution in [3.05, 3.63) is 87.8 Å². The molecule has 3 heterocycles. The van der Waals surface area contributed by atoms with E-state index in [0.717, 1.165) is 40.2 Å². The highest BCUT2D eigenvalue weighted by molar-refractivity contribution is 6.31. The largest absolute Gasteiger partial charge is 0.392 e. The zero-order valence-electron chi connectivity index (χ0n) is 15.7. The van der Waals surface area contributed by atoms with E-state index in [0.29, 0.717) is 24.4 Å². The first-order chi connectivity index (χ1) is 14.5. The highest BCUT2D eigenvalue weighted by Crippen LogP contribution is 2.40. The van der Waals surface area contributed by atoms with Crippen LogP contribution in [0, 0.1) is 11.6 Å². The maximum atomic E-state index is 14.1. The number of nitrogens with zero attached hydrogens (tertiary/aromatic N) is 3. The molecule has 4 aromatic rings. The number of H-pyrrole nitrogens is 1. The van der Waals surface area contributed by atoms with Crippen molar-refractivity contribution in [3.63, 3.8) is 0 Å². The zero-order chi connectivity index (χ0) is 20.8. The van der Waals surface area contributed by atoms with Crippen molar-refractivity contribution < 1.29 is 13.9 Å². The monoisotopic (exact) mass is 426 g/mol. The van der Waals surface area contributed by atoms with Gasteiger partial charge >= 0.3 is 0 Å². The smallest absolute Gasteiger partial charge is 0.226 e. The van der Waals surface area contributed by atoms with Gasteiger partial charge in [0.05, 0.1) is 30.1 Å². The van der Waals surface area contributed by atoms with E-state index in [1.54, 1.807) is 6.07 Å². The summed E-state index contributed by atoms with van der Waals surface area (Å²) in [5.41, 5.74) is 4.36. The van der Waals surface area contributed by atoms with Crippen LogP contribution >= 0.6 is 11.6 Å². The predicted molar refractivity (Wildman–Crippen MR) is 111 cm³/mol. The minimum atomic E-state index is -0.504. The molecular weight excluding hydrogens is 410 g/mol. The van der Waals surface area contributed by atoms with Crippen molar-refractivity contribution in [2.24, 2.45) is 0 Å². The van der Waals surface area contributed by atoms with E-state index in [1.807, 2.05) is 29.2 Å². The summed E-state index contributed by atoms with van der Waals surface area (Å²) in [5.74, 6) is -0.581. The fraction of sp³-hybridized carbons (Fsp3) is 0.182. The number of aliphatic hydroxyl groups is 1. The summed E-state index contributed by atoms with van der Waals surface area (Å²) >= 11 is 6.03. The third-order valence-corrected chi connectivity index (χ3v) is 5.80. The lowest BCUT2D eigenvalue weighted by Crippen LogP contribution is -2.37. The molecule has 0 saturated heterocycles. The topological polar surface area (TPSA) is 65.0 Å². The van der Waals surface area contributed by atoms with Gasteiger partial charge in [0.2, 0.25) is 5.95 Å². The number of halogens is 3. The lowest BCUT2D eigenvalue weighted by atomic mass is 9.92. The van der Waals surface area contributed by atoms with E-state index >= 15 is 0 Å². The summed E-state index contributed by atoms with van der Waals surface area (Å²) in [6.07, 6.45) is 2.96. The molecule has 152 valence electrons. The standard InChI is InChI=1S/C22H17ClF2N4O/c23-17-7-16-15-5-6-29(22-26-9-14(24)10-27-22)21(13-3-1-12(11-30)2-4-13)20(15)28-19(16)8-18(17)25/h1-4,7-10,21,28,30H,5-6,11H2. The van der Waals surface area contributed by atoms with Gasteiger partial charge in [0.1, 0.15) is 5.82 Å². The van der Waals surface area contributed by atoms with E-state index in [-0.39, 0.29) is 17.7 Å². The molecule has 2 N–H and O–H groups in total. The van der Waals surface area contributed by atoms with Crippen LogP contribution in [0.15, 0.2) is 48.8 Å². The van der Waals surface area contributed by atoms with Gasteiger partial charge in [-0.15, -0.1) is 0 Å². The van der Waals surface area contributed by atoms with Gasteiger partial charge in [0.15, 0.2) is 5.82 Å². The van der Waals surface area contributed by atoms with Crippen LogP contribution in [0.5, 0.6) is 0 Å². The Bertz CT molecular complexity index is 1220. The predicted octanol–water partition coefficient (Wildman–Crippen LogP) is 4.53. The van der Waals surface area contributed by atoms with Crippen LogP contribution in [0.4, 0.5) is 14.7 Å². The molecule has 0 bridgehead atoms. The fourth-order valence-electron chi connectivity index (χ4n) is 4.11. The Labute approximate surface area is 176 Å². The fourth-order valence-corrected chi connectivity index (χ4v) is 4.27. The van der Waals surface area contributed by atoms with Crippen molar-refractivity contribution in [3.8, 4) is 0 Å². The molecule has 1 unspecified atom stereocenters. The van der Waals surface area contributed by atoms with Gasteiger partial charge in [0.25, 0.3) is 0 Å². The average Bonchev–Trinajstić information content (AvgIpc) is 3.11. The first kappa shape index (κ1) is 19.0. The van der Waals surface area contributed by atoms with Crippen LogP contribution in [0.3, 0.4) is 0 Å². The molecule has 0 spiro atoms. The van der Waals surface area contributed by atoms with Gasteiger partial charge in [0, 0.05) is 23.1 Å². The van der Waals surface area contributed by atoms with Crippen molar-refractivity contribution in [1.29, 1.82) is 0 Å². The number of aromatic amines is 1. The molecule has 0 aliphatic carbocycles. The van der Waals surface area contributed by atoms with Gasteiger partial charge in [-0.2, -0.15) is 0 Å². The Kier molecular flexibility index (Phi) is 4.64. The van der Waals surface area contributed by atoms with Gasteiger partial charge in [-0.05, 0) is 35.2 Å². The van der Waals surface area contributed by atoms with Gasteiger partial charge < -0.3 is 15.0 Å². The third kappa shape index (κ3) is 3.11. The lowest BCUT2D eigenvalue weighted by Gasteiger charge is -2.36. The molecular formula is C22H17ClF2N4O. The first-order valence-electron chi connectivity index (χ1n) is 9.48. The maximum Gasteiger partial charge on any atom is 0.226 e. The molecule has 5 rings (SSSR count). The molecule has 1 atom stereocenters. The second-order valence-corrected chi connectivity index (χ2v) is 7.68. The second kappa shape index (κ2) is 7.34. The number of hydrogen-bond donors (Lipinski definition) is 2. The summed E-state index contributed by atoms with van der Waals surface area (Å²) in [6.45, 7) is 0.540. The number of rotatable bonds is 3. The highest BCUT2D eigenvalue weighted by Gasteiger charge is 2.33. The number of anilines is 1. The van der Waals surface area contributed by atoms with Crippen molar-refractivity contribution >= 4 is 28.5 Å². The molecule has 1 aliphatic heterocycles. The minimum Gasteiger partial charge on any atom is -0.392 e. The van der Waals surface area contributed by atoms with Crippen LogP contribution in [0.1, 0.15) is 28.4 Å². The summed E-state index contributed by atoms with van der Waals surface area (Å²) in [6, 6.07) is 10.3. The number of benzene rings is 2.